The molecule has 5 rings (SSSR count). The average molecular weight is 492 g/mol. The Morgan fingerprint density at radius 1 is 0.861 bits per heavy atom. The molecule has 178 valence electrons. The molecule has 36 heavy (non-hydrogen) atoms. The number of fused-ring (bicyclic) bond motifs is 1. The summed E-state index contributed by atoms with van der Waals surface area (Å²) in [6.07, 6.45) is 0. The molecule has 0 aliphatic carbocycles. The van der Waals surface area contributed by atoms with Crippen LogP contribution in [0.25, 0.3) is 22.6 Å². The highest BCUT2D eigenvalue weighted by atomic mass is 32.1. The van der Waals surface area contributed by atoms with Crippen molar-refractivity contribution >= 4 is 40.0 Å². The molecule has 0 atom stereocenters. The Hall–Kier alpha value is -4.29. The van der Waals surface area contributed by atoms with E-state index in [9.17, 15) is 4.79 Å². The van der Waals surface area contributed by atoms with Gasteiger partial charge in [0.1, 0.15) is 5.52 Å². The lowest BCUT2D eigenvalue weighted by molar-refractivity contribution is -0.120. The summed E-state index contributed by atoms with van der Waals surface area (Å²) >= 11 is 5.54. The maximum Gasteiger partial charge on any atom is 0.238 e. The summed E-state index contributed by atoms with van der Waals surface area (Å²) in [5.41, 5.74) is 7.03. The van der Waals surface area contributed by atoms with Gasteiger partial charge in [0.25, 0.3) is 0 Å². The molecule has 5 aromatic rings. The lowest BCUT2D eigenvalue weighted by Gasteiger charge is -2.19. The Labute approximate surface area is 215 Å². The van der Waals surface area contributed by atoms with E-state index in [1.807, 2.05) is 111 Å². The molecular weight excluding hydrogens is 466 g/mol. The van der Waals surface area contributed by atoms with Crippen LogP contribution >= 0.6 is 12.2 Å². The number of aromatic nitrogens is 1. The molecule has 0 saturated carbocycles. The minimum absolute atomic E-state index is 0.201. The molecule has 0 unspecified atom stereocenters. The predicted molar refractivity (Wildman–Crippen MR) is 148 cm³/mol. The summed E-state index contributed by atoms with van der Waals surface area (Å²) in [4.78, 5) is 18.0. The summed E-state index contributed by atoms with van der Waals surface area (Å²) in [7, 11) is 0. The van der Waals surface area contributed by atoms with Crippen molar-refractivity contribution in [2.45, 2.75) is 19.8 Å². The summed E-state index contributed by atoms with van der Waals surface area (Å²) in [5.74, 6) is -0.155. The van der Waals surface area contributed by atoms with Crippen LogP contribution in [0.15, 0.2) is 101 Å². The Bertz CT molecular complexity index is 1510. The van der Waals surface area contributed by atoms with Gasteiger partial charge in [0.2, 0.25) is 11.8 Å². The maximum absolute atomic E-state index is 13.4. The minimum atomic E-state index is -0.484. The number of anilines is 1. The highest BCUT2D eigenvalue weighted by Gasteiger charge is 2.23. The largest absolute Gasteiger partial charge is 0.436 e. The number of hydrogen-bond donors (Lipinski definition) is 2. The fraction of sp³-hybridized carbons (Fsp3) is 0.100. The van der Waals surface area contributed by atoms with Gasteiger partial charge in [0, 0.05) is 11.3 Å². The van der Waals surface area contributed by atoms with Crippen LogP contribution in [0.3, 0.4) is 0 Å². The van der Waals surface area contributed by atoms with Gasteiger partial charge in [-0.05, 0) is 72.6 Å². The first-order chi connectivity index (χ1) is 17.5. The molecular formula is C30H25N3O2S. The first kappa shape index (κ1) is 23.5. The zero-order valence-electron chi connectivity index (χ0n) is 20.0. The molecule has 0 aliphatic heterocycles. The molecule has 0 radical (unpaired) electrons. The van der Waals surface area contributed by atoms with Gasteiger partial charge in [-0.25, -0.2) is 4.98 Å². The van der Waals surface area contributed by atoms with Gasteiger partial charge in [-0.1, -0.05) is 72.8 Å². The van der Waals surface area contributed by atoms with E-state index in [0.29, 0.717) is 5.89 Å². The molecule has 0 saturated heterocycles. The molecule has 0 aliphatic rings. The number of nitrogens with zero attached hydrogens (tertiary/aromatic N) is 1. The molecule has 1 amide bonds. The van der Waals surface area contributed by atoms with Crippen LogP contribution in [0.1, 0.15) is 28.2 Å². The second-order valence-corrected chi connectivity index (χ2v) is 9.13. The maximum atomic E-state index is 13.4. The summed E-state index contributed by atoms with van der Waals surface area (Å²) in [6, 6.07) is 31.1. The zero-order chi connectivity index (χ0) is 25.1. The summed E-state index contributed by atoms with van der Waals surface area (Å²) in [6.45, 7) is 4.00. The SMILES string of the molecule is Cc1ccc2oc(-c3ccc(C)c(NC(=S)NC(=O)C(c4ccccc4)c4ccccc4)c3)nc2c1. The second-order valence-electron chi connectivity index (χ2n) is 8.72. The molecule has 0 bridgehead atoms. The zero-order valence-corrected chi connectivity index (χ0v) is 20.8. The van der Waals surface area contributed by atoms with E-state index >= 15 is 0 Å². The number of benzene rings is 4. The molecule has 1 heterocycles. The van der Waals surface area contributed by atoms with E-state index in [4.69, 9.17) is 16.6 Å². The lowest BCUT2D eigenvalue weighted by atomic mass is 9.90. The van der Waals surface area contributed by atoms with E-state index in [1.165, 1.54) is 0 Å². The van der Waals surface area contributed by atoms with Gasteiger partial charge < -0.3 is 15.1 Å². The summed E-state index contributed by atoms with van der Waals surface area (Å²) in [5, 5.41) is 6.29. The Kier molecular flexibility index (Phi) is 6.60. The first-order valence-corrected chi connectivity index (χ1v) is 12.1. The predicted octanol–water partition coefficient (Wildman–Crippen LogP) is 6.76. The van der Waals surface area contributed by atoms with E-state index in [0.717, 1.165) is 44.6 Å². The second kappa shape index (κ2) is 10.1. The molecule has 1 aromatic heterocycles. The standard InChI is InChI=1S/C30H25N3O2S/c1-19-13-16-26-25(17-19)31-29(35-26)23-15-14-20(2)24(18-23)32-30(36)33-28(34)27(21-9-5-3-6-10-21)22-11-7-4-8-12-22/h3-18,27H,1-2H3,(H2,32,33,34,36). The van der Waals surface area contributed by atoms with Crippen molar-refractivity contribution in [3.8, 4) is 11.5 Å². The van der Waals surface area contributed by atoms with Gasteiger partial charge in [-0.15, -0.1) is 0 Å². The number of carbonyl (C=O) groups is 1. The van der Waals surface area contributed by atoms with Crippen LogP contribution in [-0.4, -0.2) is 16.0 Å². The first-order valence-electron chi connectivity index (χ1n) is 11.7. The van der Waals surface area contributed by atoms with E-state index in [-0.39, 0.29) is 11.0 Å². The highest BCUT2D eigenvalue weighted by Crippen LogP contribution is 2.29. The number of aryl methyl sites for hydroxylation is 2. The fourth-order valence-electron chi connectivity index (χ4n) is 4.17. The number of rotatable bonds is 5. The Balaban J connectivity index is 1.36. The van der Waals surface area contributed by atoms with Gasteiger partial charge in [0.05, 0.1) is 5.92 Å². The number of oxazole rings is 1. The van der Waals surface area contributed by atoms with Crippen molar-refractivity contribution in [2.75, 3.05) is 5.32 Å². The fourth-order valence-corrected chi connectivity index (χ4v) is 4.38. The van der Waals surface area contributed by atoms with E-state index in [1.54, 1.807) is 0 Å². The van der Waals surface area contributed by atoms with Gasteiger partial charge in [-0.2, -0.15) is 0 Å². The number of hydrogen-bond acceptors (Lipinski definition) is 4. The Morgan fingerprint density at radius 3 is 2.19 bits per heavy atom. The monoisotopic (exact) mass is 491 g/mol. The molecule has 6 heteroatoms. The van der Waals surface area contributed by atoms with Crippen molar-refractivity contribution in [3.63, 3.8) is 0 Å². The van der Waals surface area contributed by atoms with Crippen molar-refractivity contribution in [1.29, 1.82) is 0 Å². The Morgan fingerprint density at radius 2 is 1.53 bits per heavy atom. The molecule has 5 nitrogen and oxygen atoms in total. The van der Waals surface area contributed by atoms with Crippen LogP contribution in [0.5, 0.6) is 0 Å². The quantitative estimate of drug-likeness (QED) is 0.266. The highest BCUT2D eigenvalue weighted by molar-refractivity contribution is 7.80. The number of carbonyl (C=O) groups excluding carboxylic acids is 1. The van der Waals surface area contributed by atoms with Crippen molar-refractivity contribution in [1.82, 2.24) is 10.3 Å². The third-order valence-electron chi connectivity index (χ3n) is 6.04. The van der Waals surface area contributed by atoms with Gasteiger partial charge in [-0.3, -0.25) is 4.79 Å². The third kappa shape index (κ3) is 5.04. The van der Waals surface area contributed by atoms with Gasteiger partial charge >= 0.3 is 0 Å². The van der Waals surface area contributed by atoms with Crippen LogP contribution in [0.4, 0.5) is 5.69 Å². The molecule has 4 aromatic carbocycles. The molecule has 0 fully saturated rings. The van der Waals surface area contributed by atoms with Crippen LogP contribution in [0.2, 0.25) is 0 Å². The lowest BCUT2D eigenvalue weighted by Crippen LogP contribution is -2.38. The van der Waals surface area contributed by atoms with Crippen molar-refractivity contribution in [3.05, 3.63) is 119 Å². The van der Waals surface area contributed by atoms with Crippen LogP contribution in [-0.2, 0) is 4.79 Å². The summed E-state index contributed by atoms with van der Waals surface area (Å²) < 4.78 is 5.96. The number of nitrogens with one attached hydrogen (secondary N) is 2. The van der Waals surface area contributed by atoms with Gasteiger partial charge in [0.15, 0.2) is 10.7 Å². The van der Waals surface area contributed by atoms with E-state index < -0.39 is 5.92 Å². The van der Waals surface area contributed by atoms with Crippen molar-refractivity contribution in [2.24, 2.45) is 0 Å². The number of amides is 1. The normalized spacial score (nSPS) is 11.0. The minimum Gasteiger partial charge on any atom is -0.436 e. The smallest absolute Gasteiger partial charge is 0.238 e. The van der Waals surface area contributed by atoms with Crippen LogP contribution in [0, 0.1) is 13.8 Å². The van der Waals surface area contributed by atoms with Crippen LogP contribution < -0.4 is 10.6 Å². The topological polar surface area (TPSA) is 67.2 Å². The number of thiocarbonyl (C=S) groups is 1. The molecule has 0 spiro atoms. The third-order valence-corrected chi connectivity index (χ3v) is 6.24. The van der Waals surface area contributed by atoms with E-state index in [2.05, 4.69) is 15.6 Å². The van der Waals surface area contributed by atoms with Crippen molar-refractivity contribution < 1.29 is 9.21 Å². The average Bonchev–Trinajstić information content (AvgIpc) is 3.30. The molecule has 2 N–H and O–H groups in total.